The zero-order valence-corrected chi connectivity index (χ0v) is 15.5. The quantitative estimate of drug-likeness (QED) is 0.437. The van der Waals surface area contributed by atoms with Gasteiger partial charge in [-0.05, 0) is 29.7 Å². The highest BCUT2D eigenvalue weighted by Crippen LogP contribution is 2.27. The van der Waals surface area contributed by atoms with Crippen molar-refractivity contribution < 1.29 is 0 Å². The molecular weight excluding hydrogens is 330 g/mol. The lowest BCUT2D eigenvalue weighted by molar-refractivity contribution is 0.728. The molecule has 1 heterocycles. The van der Waals surface area contributed by atoms with Gasteiger partial charge in [-0.1, -0.05) is 72.8 Å². The van der Waals surface area contributed by atoms with E-state index < -0.39 is 0 Å². The van der Waals surface area contributed by atoms with Gasteiger partial charge in [0.2, 0.25) is 0 Å². The third-order valence-electron chi connectivity index (χ3n) is 4.98. The van der Waals surface area contributed by atoms with Gasteiger partial charge >= 0.3 is 0 Å². The van der Waals surface area contributed by atoms with Gasteiger partial charge < -0.3 is 4.57 Å². The highest BCUT2D eigenvalue weighted by molar-refractivity contribution is 5.84. The van der Waals surface area contributed by atoms with Crippen LogP contribution in [0.2, 0.25) is 0 Å². The van der Waals surface area contributed by atoms with Crippen molar-refractivity contribution in [3.8, 4) is 0 Å². The molecule has 0 spiro atoms. The SMILES string of the molecule is Cn1c(/C=N/CCC(c2ccccc2)c2ccccc2)nc2ccccc21. The van der Waals surface area contributed by atoms with E-state index in [9.17, 15) is 0 Å². The molecule has 0 unspecified atom stereocenters. The van der Waals surface area contributed by atoms with Crippen LogP contribution in [-0.4, -0.2) is 22.3 Å². The van der Waals surface area contributed by atoms with Gasteiger partial charge in [-0.15, -0.1) is 0 Å². The molecule has 134 valence electrons. The summed E-state index contributed by atoms with van der Waals surface area (Å²) in [5.74, 6) is 1.25. The van der Waals surface area contributed by atoms with Crippen molar-refractivity contribution in [1.29, 1.82) is 0 Å². The standard InChI is InChI=1S/C24H23N3/c1-27-23-15-9-8-14-22(23)26-24(27)18-25-17-16-21(19-10-4-2-5-11-19)20-12-6-3-7-13-20/h2-15,18,21H,16-17H2,1H3/b25-18+. The van der Waals surface area contributed by atoms with Crippen molar-refractivity contribution in [3.05, 3.63) is 102 Å². The summed E-state index contributed by atoms with van der Waals surface area (Å²) in [6.07, 6.45) is 2.86. The van der Waals surface area contributed by atoms with E-state index in [1.165, 1.54) is 11.1 Å². The second-order valence-electron chi connectivity index (χ2n) is 6.72. The molecule has 3 nitrogen and oxygen atoms in total. The number of hydrogen-bond acceptors (Lipinski definition) is 2. The molecule has 3 aromatic carbocycles. The van der Waals surface area contributed by atoms with E-state index in [-0.39, 0.29) is 0 Å². The number of aryl methyl sites for hydroxylation is 1. The molecule has 0 aliphatic rings. The lowest BCUT2D eigenvalue weighted by Gasteiger charge is -2.17. The van der Waals surface area contributed by atoms with Gasteiger partial charge in [0.25, 0.3) is 0 Å². The minimum Gasteiger partial charge on any atom is -0.326 e. The number of aromatic nitrogens is 2. The molecule has 0 bridgehead atoms. The highest BCUT2D eigenvalue weighted by Gasteiger charge is 2.13. The molecule has 4 aromatic rings. The summed E-state index contributed by atoms with van der Waals surface area (Å²) in [6, 6.07) is 29.5. The van der Waals surface area contributed by atoms with Crippen molar-refractivity contribution in [2.24, 2.45) is 12.0 Å². The molecule has 0 atom stereocenters. The Morgan fingerprint density at radius 2 is 1.44 bits per heavy atom. The molecule has 0 radical (unpaired) electrons. The molecule has 0 saturated heterocycles. The molecule has 0 fully saturated rings. The van der Waals surface area contributed by atoms with Gasteiger partial charge in [0.05, 0.1) is 17.2 Å². The Morgan fingerprint density at radius 1 is 0.852 bits per heavy atom. The minimum atomic E-state index is 0.352. The van der Waals surface area contributed by atoms with Crippen LogP contribution < -0.4 is 0 Å². The van der Waals surface area contributed by atoms with Crippen LogP contribution in [0.25, 0.3) is 11.0 Å². The first-order chi connectivity index (χ1) is 13.3. The normalized spacial score (nSPS) is 11.6. The van der Waals surface area contributed by atoms with E-state index in [1.807, 2.05) is 31.5 Å². The van der Waals surface area contributed by atoms with Crippen molar-refractivity contribution >= 4 is 17.2 Å². The first kappa shape index (κ1) is 17.2. The van der Waals surface area contributed by atoms with Crippen LogP contribution in [0.1, 0.15) is 29.3 Å². The Balaban J connectivity index is 1.51. The van der Waals surface area contributed by atoms with Crippen LogP contribution in [0, 0.1) is 0 Å². The highest BCUT2D eigenvalue weighted by atomic mass is 15.1. The number of nitrogens with zero attached hydrogens (tertiary/aromatic N) is 3. The molecule has 0 aliphatic heterocycles. The van der Waals surface area contributed by atoms with E-state index in [0.29, 0.717) is 5.92 Å². The molecule has 0 amide bonds. The predicted molar refractivity (Wildman–Crippen MR) is 113 cm³/mol. The fraction of sp³-hybridized carbons (Fsp3) is 0.167. The fourth-order valence-electron chi connectivity index (χ4n) is 3.53. The maximum atomic E-state index is 4.68. The van der Waals surface area contributed by atoms with Crippen LogP contribution >= 0.6 is 0 Å². The Kier molecular flexibility index (Phi) is 5.10. The summed E-state index contributed by atoms with van der Waals surface area (Å²) >= 11 is 0. The molecule has 3 heteroatoms. The monoisotopic (exact) mass is 353 g/mol. The lowest BCUT2D eigenvalue weighted by atomic mass is 9.89. The summed E-state index contributed by atoms with van der Waals surface area (Å²) < 4.78 is 2.09. The average Bonchev–Trinajstić information content (AvgIpc) is 3.05. The smallest absolute Gasteiger partial charge is 0.151 e. The van der Waals surface area contributed by atoms with Crippen LogP contribution in [-0.2, 0) is 7.05 Å². The third kappa shape index (κ3) is 3.82. The maximum absolute atomic E-state index is 4.68. The van der Waals surface area contributed by atoms with Gasteiger partial charge in [0.15, 0.2) is 5.82 Å². The summed E-state index contributed by atoms with van der Waals surface area (Å²) in [6.45, 7) is 0.762. The summed E-state index contributed by atoms with van der Waals surface area (Å²) in [7, 11) is 2.04. The zero-order chi connectivity index (χ0) is 18.5. The first-order valence-corrected chi connectivity index (χ1v) is 9.34. The number of benzene rings is 3. The van der Waals surface area contributed by atoms with Crippen LogP contribution in [0.15, 0.2) is 89.9 Å². The largest absolute Gasteiger partial charge is 0.326 e. The number of hydrogen-bond donors (Lipinski definition) is 0. The third-order valence-corrected chi connectivity index (χ3v) is 4.98. The Labute approximate surface area is 160 Å². The van der Waals surface area contributed by atoms with E-state index in [0.717, 1.165) is 29.8 Å². The van der Waals surface area contributed by atoms with E-state index >= 15 is 0 Å². The van der Waals surface area contributed by atoms with E-state index in [1.54, 1.807) is 0 Å². The molecule has 27 heavy (non-hydrogen) atoms. The molecule has 0 N–H and O–H groups in total. The average molecular weight is 353 g/mol. The van der Waals surface area contributed by atoms with Crippen molar-refractivity contribution in [1.82, 2.24) is 9.55 Å². The van der Waals surface area contributed by atoms with Crippen LogP contribution in [0.3, 0.4) is 0 Å². The molecule has 0 saturated carbocycles. The van der Waals surface area contributed by atoms with Gasteiger partial charge in [0.1, 0.15) is 0 Å². The van der Waals surface area contributed by atoms with E-state index in [2.05, 4.69) is 81.3 Å². The summed E-state index contributed by atoms with van der Waals surface area (Å²) in [4.78, 5) is 9.34. The lowest BCUT2D eigenvalue weighted by Crippen LogP contribution is -2.03. The molecule has 4 rings (SSSR count). The topological polar surface area (TPSA) is 30.2 Å². The zero-order valence-electron chi connectivity index (χ0n) is 15.5. The molecular formula is C24H23N3. The van der Waals surface area contributed by atoms with Gasteiger partial charge in [0, 0.05) is 19.5 Å². The van der Waals surface area contributed by atoms with Gasteiger partial charge in [-0.3, -0.25) is 4.99 Å². The molecule has 1 aromatic heterocycles. The Bertz CT molecular complexity index is 994. The maximum Gasteiger partial charge on any atom is 0.151 e. The number of fused-ring (bicyclic) bond motifs is 1. The number of aliphatic imine (C=N–C) groups is 1. The van der Waals surface area contributed by atoms with Crippen molar-refractivity contribution in [3.63, 3.8) is 0 Å². The minimum absolute atomic E-state index is 0.352. The molecule has 0 aliphatic carbocycles. The van der Waals surface area contributed by atoms with Crippen LogP contribution in [0.5, 0.6) is 0 Å². The second kappa shape index (κ2) is 8.00. The Morgan fingerprint density at radius 3 is 2.07 bits per heavy atom. The first-order valence-electron chi connectivity index (χ1n) is 9.34. The summed E-state index contributed by atoms with van der Waals surface area (Å²) in [5.41, 5.74) is 4.81. The van der Waals surface area contributed by atoms with Crippen molar-refractivity contribution in [2.45, 2.75) is 12.3 Å². The number of para-hydroxylation sites is 2. The fourth-order valence-corrected chi connectivity index (χ4v) is 3.53. The summed E-state index contributed by atoms with van der Waals surface area (Å²) in [5, 5.41) is 0. The predicted octanol–water partition coefficient (Wildman–Crippen LogP) is 5.21. The Hall–Kier alpha value is -3.20. The number of imidazole rings is 1. The van der Waals surface area contributed by atoms with Crippen LogP contribution in [0.4, 0.5) is 0 Å². The number of rotatable bonds is 6. The van der Waals surface area contributed by atoms with Gasteiger partial charge in [-0.25, -0.2) is 4.98 Å². The van der Waals surface area contributed by atoms with Crippen molar-refractivity contribution in [2.75, 3.05) is 6.54 Å². The van der Waals surface area contributed by atoms with Gasteiger partial charge in [-0.2, -0.15) is 0 Å². The van der Waals surface area contributed by atoms with E-state index in [4.69, 9.17) is 0 Å². The second-order valence-corrected chi connectivity index (χ2v) is 6.72.